The van der Waals surface area contributed by atoms with Crippen LogP contribution in [0, 0.1) is 0 Å². The molecule has 0 spiro atoms. The second kappa shape index (κ2) is 40.0. The molecule has 0 aliphatic carbocycles. The number of quaternary nitrogens is 1. The van der Waals surface area contributed by atoms with E-state index in [2.05, 4.69) is 62.5 Å². The summed E-state index contributed by atoms with van der Waals surface area (Å²) in [6.45, 7) is 4.75. The highest BCUT2D eigenvalue weighted by molar-refractivity contribution is 5.71. The van der Waals surface area contributed by atoms with E-state index in [1.807, 2.05) is 21.1 Å². The predicted octanol–water partition coefficient (Wildman–Crippen LogP) is 12.0. The van der Waals surface area contributed by atoms with Crippen molar-refractivity contribution in [2.75, 3.05) is 47.5 Å². The number of ether oxygens (including phenoxy) is 4. The largest absolute Gasteiger partial charge is 0.477 e. The van der Waals surface area contributed by atoms with Crippen molar-refractivity contribution in [3.8, 4) is 0 Å². The van der Waals surface area contributed by atoms with Gasteiger partial charge in [0.2, 0.25) is 0 Å². The predicted molar refractivity (Wildman–Crippen MR) is 235 cm³/mol. The van der Waals surface area contributed by atoms with Crippen LogP contribution in [0.2, 0.25) is 0 Å². The highest BCUT2D eigenvalue weighted by Crippen LogP contribution is 2.14. The van der Waals surface area contributed by atoms with Gasteiger partial charge in [0.15, 0.2) is 6.10 Å². The quantitative estimate of drug-likeness (QED) is 0.0214. The molecule has 0 heterocycles. The first-order chi connectivity index (χ1) is 27.6. The van der Waals surface area contributed by atoms with Crippen LogP contribution < -0.4 is 0 Å². The lowest BCUT2D eigenvalue weighted by Crippen LogP contribution is -2.40. The lowest BCUT2D eigenvalue weighted by molar-refractivity contribution is -0.870. The maximum atomic E-state index is 12.8. The van der Waals surface area contributed by atoms with Crippen molar-refractivity contribution < 1.29 is 42.9 Å². The Bertz CT molecular complexity index is 1080. The van der Waals surface area contributed by atoms with E-state index in [0.29, 0.717) is 17.4 Å². The Morgan fingerprint density at radius 2 is 0.982 bits per heavy atom. The summed E-state index contributed by atoms with van der Waals surface area (Å²) in [7, 11) is 5.94. The van der Waals surface area contributed by atoms with Gasteiger partial charge in [-0.05, 0) is 70.6 Å². The summed E-state index contributed by atoms with van der Waals surface area (Å²) in [6, 6.07) is 0. The number of carbonyl (C=O) groups is 3. The molecule has 0 aromatic heterocycles. The molecule has 0 aliphatic rings. The molecule has 57 heavy (non-hydrogen) atoms. The number of nitrogens with zero attached hydrogens (tertiary/aromatic N) is 1. The van der Waals surface area contributed by atoms with Gasteiger partial charge in [-0.25, -0.2) is 4.79 Å². The molecule has 0 aliphatic heterocycles. The average Bonchev–Trinajstić information content (AvgIpc) is 3.17. The summed E-state index contributed by atoms with van der Waals surface area (Å²) in [5, 5.41) is 9.63. The van der Waals surface area contributed by atoms with Gasteiger partial charge in [0.1, 0.15) is 13.2 Å². The summed E-state index contributed by atoms with van der Waals surface area (Å²) in [6.07, 6.45) is 43.1. The SMILES string of the molecule is CCC/C=C\C/C=C\CCCCCCCC(=O)OCC(COC(OCC[N+](C)(C)C)C(=O)O)OC(=O)CCCCCCCCCCC/C=C\C/C=C\CCCCC. The van der Waals surface area contributed by atoms with Crippen LogP contribution in [0.3, 0.4) is 0 Å². The fraction of sp³-hybridized carbons (Fsp3) is 0.771. The third kappa shape index (κ3) is 41.2. The van der Waals surface area contributed by atoms with Crippen molar-refractivity contribution in [2.24, 2.45) is 0 Å². The van der Waals surface area contributed by atoms with Crippen LogP contribution in [-0.2, 0) is 33.3 Å². The molecule has 0 amide bonds. The third-order valence-corrected chi connectivity index (χ3v) is 9.54. The van der Waals surface area contributed by atoms with E-state index in [-0.39, 0.29) is 38.6 Å². The van der Waals surface area contributed by atoms with E-state index in [4.69, 9.17) is 18.9 Å². The number of esters is 2. The first-order valence-electron chi connectivity index (χ1n) is 22.8. The summed E-state index contributed by atoms with van der Waals surface area (Å²) >= 11 is 0. The number of hydrogen-bond acceptors (Lipinski definition) is 7. The van der Waals surface area contributed by atoms with Crippen LogP contribution in [0.15, 0.2) is 48.6 Å². The highest BCUT2D eigenvalue weighted by Gasteiger charge is 2.25. The highest BCUT2D eigenvalue weighted by atomic mass is 16.7. The molecule has 0 bridgehead atoms. The summed E-state index contributed by atoms with van der Waals surface area (Å²) in [5.41, 5.74) is 0. The summed E-state index contributed by atoms with van der Waals surface area (Å²) < 4.78 is 22.7. The van der Waals surface area contributed by atoms with Crippen LogP contribution in [-0.4, -0.2) is 87.4 Å². The van der Waals surface area contributed by atoms with Crippen LogP contribution >= 0.6 is 0 Å². The first kappa shape index (κ1) is 54.2. The zero-order valence-electron chi connectivity index (χ0n) is 37.2. The summed E-state index contributed by atoms with van der Waals surface area (Å²) in [5.74, 6) is -2.03. The van der Waals surface area contributed by atoms with Gasteiger partial charge in [-0.1, -0.05) is 146 Å². The van der Waals surface area contributed by atoms with Crippen LogP contribution in [0.4, 0.5) is 0 Å². The Kier molecular flexibility index (Phi) is 38.1. The Labute approximate surface area is 349 Å². The third-order valence-electron chi connectivity index (χ3n) is 9.54. The fourth-order valence-corrected chi connectivity index (χ4v) is 5.96. The van der Waals surface area contributed by atoms with Crippen molar-refractivity contribution in [3.63, 3.8) is 0 Å². The molecular formula is C48H86NO8+. The van der Waals surface area contributed by atoms with E-state index in [9.17, 15) is 19.5 Å². The monoisotopic (exact) mass is 805 g/mol. The van der Waals surface area contributed by atoms with Crippen molar-refractivity contribution in [1.82, 2.24) is 0 Å². The van der Waals surface area contributed by atoms with Crippen LogP contribution in [0.1, 0.15) is 181 Å². The maximum Gasteiger partial charge on any atom is 0.361 e. The molecule has 0 radical (unpaired) electrons. The number of rotatable bonds is 41. The lowest BCUT2D eigenvalue weighted by Gasteiger charge is -2.25. The molecule has 0 saturated heterocycles. The van der Waals surface area contributed by atoms with E-state index in [1.54, 1.807) is 0 Å². The molecule has 9 nitrogen and oxygen atoms in total. The number of aliphatic carboxylic acids is 1. The smallest absolute Gasteiger partial charge is 0.361 e. The maximum absolute atomic E-state index is 12.8. The molecule has 0 aromatic carbocycles. The fourth-order valence-electron chi connectivity index (χ4n) is 5.96. The number of carboxylic acid groups (broad SMARTS) is 1. The Morgan fingerprint density at radius 1 is 0.526 bits per heavy atom. The summed E-state index contributed by atoms with van der Waals surface area (Å²) in [4.78, 5) is 37.1. The van der Waals surface area contributed by atoms with Crippen molar-refractivity contribution in [2.45, 2.75) is 193 Å². The minimum Gasteiger partial charge on any atom is -0.477 e. The Hall–Kier alpha value is -2.75. The number of carbonyl (C=O) groups excluding carboxylic acids is 2. The molecule has 0 fully saturated rings. The van der Waals surface area contributed by atoms with Crippen molar-refractivity contribution in [3.05, 3.63) is 48.6 Å². The molecule has 0 saturated carbocycles. The normalized spacial score (nSPS) is 13.4. The van der Waals surface area contributed by atoms with E-state index < -0.39 is 24.3 Å². The zero-order chi connectivity index (χ0) is 42.1. The van der Waals surface area contributed by atoms with E-state index in [0.717, 1.165) is 83.5 Å². The second-order valence-corrected chi connectivity index (χ2v) is 16.4. The Morgan fingerprint density at radius 3 is 1.46 bits per heavy atom. The minimum atomic E-state index is -1.51. The van der Waals surface area contributed by atoms with Gasteiger partial charge in [0.05, 0.1) is 34.4 Å². The molecular weight excluding hydrogens is 719 g/mol. The van der Waals surface area contributed by atoms with Crippen LogP contribution in [0.5, 0.6) is 0 Å². The number of allylic oxidation sites excluding steroid dienone is 8. The standard InChI is InChI=1S/C48H85NO8/c1-6-8-10-12-14-16-18-20-21-22-23-24-25-27-29-31-33-35-37-39-46(51)57-44(43-56-48(47(52)53)54-41-40-49(3,4)5)42-55-45(50)38-36-34-32-30-28-26-19-17-15-13-11-9-7-2/h11,13-14,16-17,19-21,44,48H,6-10,12,15,18,22-43H2,1-5H3/p+1/b13-11-,16-14-,19-17-,21-20-. The van der Waals surface area contributed by atoms with Crippen LogP contribution in [0.25, 0.3) is 0 Å². The van der Waals surface area contributed by atoms with E-state index >= 15 is 0 Å². The molecule has 330 valence electrons. The van der Waals surface area contributed by atoms with Gasteiger partial charge in [0.25, 0.3) is 6.29 Å². The van der Waals surface area contributed by atoms with Gasteiger partial charge in [-0.3, -0.25) is 9.59 Å². The van der Waals surface area contributed by atoms with Gasteiger partial charge in [-0.15, -0.1) is 0 Å². The molecule has 0 aromatic rings. The molecule has 2 atom stereocenters. The number of unbranched alkanes of at least 4 members (excludes halogenated alkanes) is 18. The minimum absolute atomic E-state index is 0.183. The zero-order valence-corrected chi connectivity index (χ0v) is 37.2. The van der Waals surface area contributed by atoms with Crippen molar-refractivity contribution in [1.29, 1.82) is 0 Å². The topological polar surface area (TPSA) is 108 Å². The Balaban J connectivity index is 4.43. The average molecular weight is 805 g/mol. The molecule has 1 N–H and O–H groups in total. The molecule has 2 unspecified atom stereocenters. The second-order valence-electron chi connectivity index (χ2n) is 16.4. The van der Waals surface area contributed by atoms with Gasteiger partial charge in [0, 0.05) is 12.8 Å². The van der Waals surface area contributed by atoms with Gasteiger partial charge < -0.3 is 28.5 Å². The number of carboxylic acids is 1. The first-order valence-corrected chi connectivity index (χ1v) is 22.8. The van der Waals surface area contributed by atoms with E-state index in [1.165, 1.54) is 64.2 Å². The van der Waals surface area contributed by atoms with Crippen molar-refractivity contribution >= 4 is 17.9 Å². The molecule has 9 heteroatoms. The number of likely N-dealkylation sites (N-methyl/N-ethyl adjacent to an activating group) is 1. The van der Waals surface area contributed by atoms with Gasteiger partial charge in [-0.2, -0.15) is 0 Å². The van der Waals surface area contributed by atoms with Gasteiger partial charge >= 0.3 is 17.9 Å². The molecule has 0 rings (SSSR count). The lowest BCUT2D eigenvalue weighted by atomic mass is 10.1. The number of hydrogen-bond donors (Lipinski definition) is 1.